The summed E-state index contributed by atoms with van der Waals surface area (Å²) < 4.78 is 27.3. The highest BCUT2D eigenvalue weighted by Crippen LogP contribution is 2.07. The van der Waals surface area contributed by atoms with Crippen molar-refractivity contribution in [3.63, 3.8) is 0 Å². The topological polar surface area (TPSA) is 46.5 Å². The maximum atomic E-state index is 11.6. The second kappa shape index (κ2) is 4.66. The van der Waals surface area contributed by atoms with E-state index >= 15 is 0 Å². The van der Waals surface area contributed by atoms with E-state index in [0.29, 0.717) is 5.56 Å². The van der Waals surface area contributed by atoms with Gasteiger partial charge in [0.1, 0.15) is 0 Å². The molecule has 0 aliphatic heterocycles. The minimum atomic E-state index is -2.81. The number of alkyl halides is 2. The van der Waals surface area contributed by atoms with Crippen LogP contribution in [-0.2, 0) is 11.3 Å². The summed E-state index contributed by atoms with van der Waals surface area (Å²) >= 11 is 0. The zero-order valence-corrected chi connectivity index (χ0v) is 7.11. The molecule has 76 valence electrons. The second-order valence-electron chi connectivity index (χ2n) is 2.57. The van der Waals surface area contributed by atoms with Gasteiger partial charge in [-0.05, 0) is 17.7 Å². The first-order valence-corrected chi connectivity index (χ1v) is 3.81. The van der Waals surface area contributed by atoms with Gasteiger partial charge in [0.15, 0.2) is 0 Å². The fourth-order valence-electron chi connectivity index (χ4n) is 0.903. The number of hydrogen-bond acceptors (Lipinski definition) is 2. The third-order valence-electron chi connectivity index (χ3n) is 1.58. The molecule has 0 fully saturated rings. The number of carbonyl (C=O) groups is 1. The number of hydrogen-bond donors (Lipinski definition) is 1. The molecule has 1 N–H and O–H groups in total. The molecule has 1 aromatic carbocycles. The van der Waals surface area contributed by atoms with Gasteiger partial charge in [0.25, 0.3) is 0 Å². The second-order valence-corrected chi connectivity index (χ2v) is 2.57. The van der Waals surface area contributed by atoms with Crippen LogP contribution in [0.25, 0.3) is 0 Å². The number of carboxylic acid groups (broad SMARTS) is 1. The Bertz CT molecular complexity index is 308. The Balaban J connectivity index is 2.60. The number of ether oxygens (including phenoxy) is 1. The Labute approximate surface area is 78.9 Å². The minimum absolute atomic E-state index is 0.116. The van der Waals surface area contributed by atoms with Gasteiger partial charge in [-0.2, -0.15) is 8.78 Å². The Morgan fingerprint density at radius 2 is 1.93 bits per heavy atom. The normalized spacial score (nSPS) is 10.5. The van der Waals surface area contributed by atoms with Crippen LogP contribution >= 0.6 is 0 Å². The van der Waals surface area contributed by atoms with E-state index in [4.69, 9.17) is 5.11 Å². The maximum Gasteiger partial charge on any atom is 0.345 e. The van der Waals surface area contributed by atoms with E-state index in [0.717, 1.165) is 0 Å². The van der Waals surface area contributed by atoms with E-state index in [1.807, 2.05) is 0 Å². The summed E-state index contributed by atoms with van der Waals surface area (Å²) in [5, 5.41) is 8.54. The molecule has 0 radical (unpaired) electrons. The lowest BCUT2D eigenvalue weighted by molar-refractivity contribution is -0.137. The highest BCUT2D eigenvalue weighted by atomic mass is 19.3. The quantitative estimate of drug-likeness (QED) is 0.813. The molecule has 0 amide bonds. The lowest BCUT2D eigenvalue weighted by Crippen LogP contribution is -2.00. The molecule has 0 saturated heterocycles. The van der Waals surface area contributed by atoms with Crippen LogP contribution in [-0.4, -0.2) is 17.7 Å². The average molecular weight is 202 g/mol. The summed E-state index contributed by atoms with van der Waals surface area (Å²) in [5.41, 5.74) is 0.626. The van der Waals surface area contributed by atoms with Crippen LogP contribution in [0.5, 0.6) is 0 Å². The van der Waals surface area contributed by atoms with E-state index < -0.39 is 12.6 Å². The molecule has 0 aliphatic carbocycles. The molecular formula is C9H8F2O3. The zero-order chi connectivity index (χ0) is 10.6. The van der Waals surface area contributed by atoms with Crippen LogP contribution in [0, 0.1) is 0 Å². The van der Waals surface area contributed by atoms with Gasteiger partial charge in [0.05, 0.1) is 12.2 Å². The van der Waals surface area contributed by atoms with Gasteiger partial charge in [-0.15, -0.1) is 0 Å². The first kappa shape index (κ1) is 10.6. The molecule has 1 rings (SSSR count). The fraction of sp³-hybridized carbons (Fsp3) is 0.222. The monoisotopic (exact) mass is 202 g/mol. The van der Waals surface area contributed by atoms with Crippen LogP contribution in [0.15, 0.2) is 24.3 Å². The molecule has 0 aliphatic rings. The molecular weight excluding hydrogens is 194 g/mol. The van der Waals surface area contributed by atoms with Gasteiger partial charge in [0.2, 0.25) is 0 Å². The lowest BCUT2D eigenvalue weighted by atomic mass is 10.1. The molecule has 0 spiro atoms. The third-order valence-corrected chi connectivity index (χ3v) is 1.58. The summed E-state index contributed by atoms with van der Waals surface area (Å²) in [6.07, 6.45) is 0. The van der Waals surface area contributed by atoms with Crippen LogP contribution in [0.3, 0.4) is 0 Å². The number of rotatable bonds is 4. The van der Waals surface area contributed by atoms with Crippen molar-refractivity contribution in [2.24, 2.45) is 0 Å². The van der Waals surface area contributed by atoms with E-state index in [2.05, 4.69) is 4.74 Å². The highest BCUT2D eigenvalue weighted by molar-refractivity contribution is 5.87. The largest absolute Gasteiger partial charge is 0.478 e. The van der Waals surface area contributed by atoms with Crippen molar-refractivity contribution in [3.05, 3.63) is 35.4 Å². The van der Waals surface area contributed by atoms with Crippen molar-refractivity contribution in [1.29, 1.82) is 0 Å². The Morgan fingerprint density at radius 1 is 1.36 bits per heavy atom. The number of halogens is 2. The first-order valence-electron chi connectivity index (χ1n) is 3.81. The van der Waals surface area contributed by atoms with E-state index in [1.165, 1.54) is 24.3 Å². The molecule has 14 heavy (non-hydrogen) atoms. The zero-order valence-electron chi connectivity index (χ0n) is 7.11. The summed E-state index contributed by atoms with van der Waals surface area (Å²) in [5.74, 6) is -1.05. The smallest absolute Gasteiger partial charge is 0.345 e. The fourth-order valence-corrected chi connectivity index (χ4v) is 0.903. The van der Waals surface area contributed by atoms with Gasteiger partial charge in [-0.25, -0.2) is 4.79 Å². The van der Waals surface area contributed by atoms with Crippen molar-refractivity contribution in [1.82, 2.24) is 0 Å². The van der Waals surface area contributed by atoms with Gasteiger partial charge >= 0.3 is 12.6 Å². The highest BCUT2D eigenvalue weighted by Gasteiger charge is 2.04. The molecule has 5 heteroatoms. The number of carboxylic acids is 1. The van der Waals surface area contributed by atoms with E-state index in [1.54, 1.807) is 0 Å². The van der Waals surface area contributed by atoms with E-state index in [-0.39, 0.29) is 12.2 Å². The summed E-state index contributed by atoms with van der Waals surface area (Å²) in [6.45, 7) is -3.04. The Morgan fingerprint density at radius 3 is 2.36 bits per heavy atom. The number of aromatic carboxylic acids is 1. The SMILES string of the molecule is O=C(O)c1ccc(COC(F)F)cc1. The van der Waals surface area contributed by atoms with Crippen LogP contribution < -0.4 is 0 Å². The minimum Gasteiger partial charge on any atom is -0.478 e. The van der Waals surface area contributed by atoms with Gasteiger partial charge < -0.3 is 9.84 Å². The van der Waals surface area contributed by atoms with Crippen molar-refractivity contribution >= 4 is 5.97 Å². The number of benzene rings is 1. The molecule has 0 heterocycles. The van der Waals surface area contributed by atoms with Gasteiger partial charge in [0, 0.05) is 0 Å². The first-order chi connectivity index (χ1) is 6.59. The van der Waals surface area contributed by atoms with Gasteiger partial charge in [-0.1, -0.05) is 12.1 Å². The van der Waals surface area contributed by atoms with Crippen LogP contribution in [0.1, 0.15) is 15.9 Å². The predicted octanol–water partition coefficient (Wildman–Crippen LogP) is 2.12. The molecule has 0 bridgehead atoms. The van der Waals surface area contributed by atoms with Crippen LogP contribution in [0.4, 0.5) is 8.78 Å². The van der Waals surface area contributed by atoms with E-state index in [9.17, 15) is 13.6 Å². The molecule has 1 aromatic rings. The molecule has 0 atom stereocenters. The average Bonchev–Trinajstić information content (AvgIpc) is 2.15. The summed E-state index contributed by atoms with van der Waals surface area (Å²) in [7, 11) is 0. The van der Waals surface area contributed by atoms with Crippen LogP contribution in [0.2, 0.25) is 0 Å². The Kier molecular flexibility index (Phi) is 3.53. The van der Waals surface area contributed by atoms with Crippen molar-refractivity contribution in [3.8, 4) is 0 Å². The maximum absolute atomic E-state index is 11.6. The molecule has 0 unspecified atom stereocenters. The van der Waals surface area contributed by atoms with Gasteiger partial charge in [-0.3, -0.25) is 0 Å². The molecule has 0 saturated carbocycles. The Hall–Kier alpha value is -1.49. The molecule has 0 aromatic heterocycles. The standard InChI is InChI=1S/C9H8F2O3/c10-9(11)14-5-6-1-3-7(4-2-6)8(12)13/h1-4,9H,5H2,(H,12,13). The van der Waals surface area contributed by atoms with Crippen molar-refractivity contribution < 1.29 is 23.4 Å². The third kappa shape index (κ3) is 3.10. The van der Waals surface area contributed by atoms with Crippen molar-refractivity contribution in [2.75, 3.05) is 0 Å². The molecule has 3 nitrogen and oxygen atoms in total. The summed E-state index contributed by atoms with van der Waals surface area (Å²) in [6, 6.07) is 5.55. The predicted molar refractivity (Wildman–Crippen MR) is 44.2 cm³/mol. The summed E-state index contributed by atoms with van der Waals surface area (Å²) in [4.78, 5) is 10.4. The lowest BCUT2D eigenvalue weighted by Gasteiger charge is -2.02. The van der Waals surface area contributed by atoms with Crippen molar-refractivity contribution in [2.45, 2.75) is 13.2 Å².